The van der Waals surface area contributed by atoms with Gasteiger partial charge >= 0.3 is 0 Å². The van der Waals surface area contributed by atoms with Gasteiger partial charge < -0.3 is 5.32 Å². The van der Waals surface area contributed by atoms with E-state index in [-0.39, 0.29) is 34.4 Å². The summed E-state index contributed by atoms with van der Waals surface area (Å²) >= 11 is 5.91. The lowest BCUT2D eigenvalue weighted by atomic mass is 9.77. The largest absolute Gasteiger partial charge is 0.375 e. The van der Waals surface area contributed by atoms with Gasteiger partial charge in [0.15, 0.2) is 0 Å². The Morgan fingerprint density at radius 1 is 1.29 bits per heavy atom. The van der Waals surface area contributed by atoms with Crippen LogP contribution in [0.1, 0.15) is 29.5 Å². The Bertz CT molecular complexity index is 868. The van der Waals surface area contributed by atoms with Crippen LogP contribution in [0.3, 0.4) is 0 Å². The molecule has 1 aliphatic carbocycles. The summed E-state index contributed by atoms with van der Waals surface area (Å²) in [6, 6.07) is 9.66. The van der Waals surface area contributed by atoms with Crippen LogP contribution >= 0.6 is 11.6 Å². The van der Waals surface area contributed by atoms with Crippen LogP contribution in [0.5, 0.6) is 0 Å². The number of anilines is 1. The van der Waals surface area contributed by atoms with Crippen molar-refractivity contribution >= 4 is 23.0 Å². The van der Waals surface area contributed by atoms with Crippen LogP contribution in [-0.2, 0) is 0 Å². The normalized spacial score (nSPS) is 24.2. The van der Waals surface area contributed by atoms with Gasteiger partial charge in [-0.15, -0.1) is 0 Å². The van der Waals surface area contributed by atoms with Crippen molar-refractivity contribution in [2.24, 2.45) is 5.92 Å². The number of halogens is 2. The minimum absolute atomic E-state index is 0.104. The monoisotopic (exact) mass is 344 g/mol. The molecule has 4 nitrogen and oxygen atoms in total. The Morgan fingerprint density at radius 2 is 2.12 bits per heavy atom. The predicted molar refractivity (Wildman–Crippen MR) is 90.9 cm³/mol. The van der Waals surface area contributed by atoms with E-state index in [9.17, 15) is 14.5 Å². The Morgan fingerprint density at radius 3 is 2.92 bits per heavy atom. The molecule has 2 aromatic carbocycles. The lowest BCUT2D eigenvalue weighted by Crippen LogP contribution is -2.29. The van der Waals surface area contributed by atoms with E-state index in [1.165, 1.54) is 18.2 Å². The third-order valence-electron chi connectivity index (χ3n) is 4.87. The van der Waals surface area contributed by atoms with E-state index in [2.05, 4.69) is 17.5 Å². The second kappa shape index (κ2) is 5.60. The van der Waals surface area contributed by atoms with Gasteiger partial charge in [-0.25, -0.2) is 4.39 Å². The lowest BCUT2D eigenvalue weighted by molar-refractivity contribution is -0.384. The maximum Gasteiger partial charge on any atom is 0.288 e. The number of allylic oxidation sites excluding steroid dienone is 2. The van der Waals surface area contributed by atoms with Crippen molar-refractivity contribution in [1.82, 2.24) is 0 Å². The summed E-state index contributed by atoms with van der Waals surface area (Å²) in [4.78, 5) is 10.7. The molecule has 0 spiro atoms. The number of nitrogens with zero attached hydrogens (tertiary/aromatic N) is 1. The van der Waals surface area contributed by atoms with E-state index < -0.39 is 4.92 Å². The minimum atomic E-state index is -0.492. The number of rotatable bonds is 2. The van der Waals surface area contributed by atoms with Crippen molar-refractivity contribution in [2.75, 3.05) is 5.32 Å². The number of fused-ring (bicyclic) bond motifs is 3. The summed E-state index contributed by atoms with van der Waals surface area (Å²) in [5, 5.41) is 14.5. The summed E-state index contributed by atoms with van der Waals surface area (Å²) in [6.45, 7) is 0. The van der Waals surface area contributed by atoms with Crippen LogP contribution < -0.4 is 5.32 Å². The number of nitro groups is 1. The van der Waals surface area contributed by atoms with Crippen molar-refractivity contribution < 1.29 is 9.31 Å². The quantitative estimate of drug-likeness (QED) is 0.462. The van der Waals surface area contributed by atoms with Gasteiger partial charge in [0.2, 0.25) is 0 Å². The van der Waals surface area contributed by atoms with Crippen molar-refractivity contribution in [2.45, 2.75) is 18.4 Å². The molecule has 4 rings (SSSR count). The Hall–Kier alpha value is -2.40. The summed E-state index contributed by atoms with van der Waals surface area (Å²) < 4.78 is 14.3. The van der Waals surface area contributed by atoms with Gasteiger partial charge in [-0.05, 0) is 35.6 Å². The van der Waals surface area contributed by atoms with Gasteiger partial charge in [0.1, 0.15) is 10.8 Å². The first-order valence-corrected chi connectivity index (χ1v) is 8.09. The highest BCUT2D eigenvalue weighted by atomic mass is 35.5. The highest BCUT2D eigenvalue weighted by Gasteiger charge is 2.39. The molecule has 0 bridgehead atoms. The average Bonchev–Trinajstić information content (AvgIpc) is 3.05. The molecule has 0 aromatic heterocycles. The van der Waals surface area contributed by atoms with Crippen LogP contribution in [0.25, 0.3) is 0 Å². The van der Waals surface area contributed by atoms with Gasteiger partial charge in [-0.2, -0.15) is 0 Å². The first-order chi connectivity index (χ1) is 11.6. The van der Waals surface area contributed by atoms with E-state index in [1.54, 1.807) is 12.1 Å². The lowest BCUT2D eigenvalue weighted by Gasteiger charge is -2.37. The highest BCUT2D eigenvalue weighted by Crippen LogP contribution is 2.50. The van der Waals surface area contributed by atoms with Crippen LogP contribution in [0, 0.1) is 21.8 Å². The van der Waals surface area contributed by atoms with Gasteiger partial charge in [-0.1, -0.05) is 42.0 Å². The SMILES string of the molecule is O=[N+]([O-])c1cc([C@@H]2Nc3c(F)cccc3[C@@H]3C=CC[C@H]32)ccc1Cl. The van der Waals surface area contributed by atoms with E-state index in [0.717, 1.165) is 17.5 Å². The second-order valence-electron chi connectivity index (χ2n) is 6.15. The average molecular weight is 345 g/mol. The maximum absolute atomic E-state index is 14.3. The topological polar surface area (TPSA) is 55.2 Å². The molecule has 0 amide bonds. The smallest absolute Gasteiger partial charge is 0.288 e. The predicted octanol–water partition coefficient (Wildman–Crippen LogP) is 5.21. The first-order valence-electron chi connectivity index (χ1n) is 7.71. The summed E-state index contributed by atoms with van der Waals surface area (Å²) in [6.07, 6.45) is 5.03. The van der Waals surface area contributed by atoms with Crippen LogP contribution in [0.15, 0.2) is 48.6 Å². The van der Waals surface area contributed by atoms with E-state index >= 15 is 0 Å². The molecule has 1 N–H and O–H groups in total. The van der Waals surface area contributed by atoms with Crippen molar-refractivity contribution in [3.63, 3.8) is 0 Å². The molecular formula is C18H14ClFN2O2. The van der Waals surface area contributed by atoms with E-state index in [1.807, 2.05) is 6.07 Å². The fourth-order valence-electron chi connectivity index (χ4n) is 3.78. The minimum Gasteiger partial charge on any atom is -0.375 e. The molecule has 2 aromatic rings. The summed E-state index contributed by atoms with van der Waals surface area (Å²) in [5.74, 6) is -0.00326. The van der Waals surface area contributed by atoms with Gasteiger partial charge in [0.25, 0.3) is 5.69 Å². The fraction of sp³-hybridized carbons (Fsp3) is 0.222. The van der Waals surface area contributed by atoms with Crippen molar-refractivity contribution in [1.29, 1.82) is 0 Å². The number of nitrogens with one attached hydrogen (secondary N) is 1. The second-order valence-corrected chi connectivity index (χ2v) is 6.55. The molecule has 0 unspecified atom stereocenters. The zero-order valence-electron chi connectivity index (χ0n) is 12.6. The molecule has 1 aliphatic heterocycles. The number of para-hydroxylation sites is 1. The molecule has 24 heavy (non-hydrogen) atoms. The highest BCUT2D eigenvalue weighted by molar-refractivity contribution is 6.32. The zero-order chi connectivity index (χ0) is 16.8. The molecule has 0 fully saturated rings. The Kier molecular flexibility index (Phi) is 3.53. The van der Waals surface area contributed by atoms with Gasteiger partial charge in [0, 0.05) is 12.0 Å². The number of nitro benzene ring substituents is 1. The molecule has 0 saturated carbocycles. The molecule has 0 radical (unpaired) electrons. The summed E-state index contributed by atoms with van der Waals surface area (Å²) in [7, 11) is 0. The van der Waals surface area contributed by atoms with Crippen molar-refractivity contribution in [3.05, 3.63) is 80.6 Å². The fourth-order valence-corrected chi connectivity index (χ4v) is 3.96. The molecule has 6 heteroatoms. The van der Waals surface area contributed by atoms with Crippen LogP contribution in [0.2, 0.25) is 5.02 Å². The molecule has 1 heterocycles. The van der Waals surface area contributed by atoms with E-state index in [4.69, 9.17) is 11.6 Å². The molecule has 3 atom stereocenters. The molecule has 0 saturated heterocycles. The van der Waals surface area contributed by atoms with Crippen LogP contribution in [0.4, 0.5) is 15.8 Å². The third-order valence-corrected chi connectivity index (χ3v) is 5.19. The number of hydrogen-bond acceptors (Lipinski definition) is 3. The molecule has 2 aliphatic rings. The Balaban J connectivity index is 1.81. The van der Waals surface area contributed by atoms with Gasteiger partial charge in [-0.3, -0.25) is 10.1 Å². The molecular weight excluding hydrogens is 331 g/mol. The number of benzene rings is 2. The van der Waals surface area contributed by atoms with Gasteiger partial charge in [0.05, 0.1) is 16.7 Å². The number of hydrogen-bond donors (Lipinski definition) is 1. The third kappa shape index (κ3) is 2.27. The first kappa shape index (κ1) is 15.1. The maximum atomic E-state index is 14.3. The zero-order valence-corrected chi connectivity index (χ0v) is 13.3. The molecule has 122 valence electrons. The standard InChI is InChI=1S/C18H14ClFN2O2/c19-14-8-7-10(9-16(14)22(23)24)17-12-4-1-3-11(12)13-5-2-6-15(20)18(13)21-17/h1-3,5-9,11-12,17,21H,4H2/t11-,12-,17+/m1/s1. The van der Waals surface area contributed by atoms with Crippen molar-refractivity contribution in [3.8, 4) is 0 Å². The Labute approximate surface area is 143 Å². The summed E-state index contributed by atoms with van der Waals surface area (Å²) in [5.41, 5.74) is 2.04. The van der Waals surface area contributed by atoms with Crippen LogP contribution in [-0.4, -0.2) is 4.92 Å². The van der Waals surface area contributed by atoms with E-state index in [0.29, 0.717) is 5.69 Å².